The summed E-state index contributed by atoms with van der Waals surface area (Å²) in [5.41, 5.74) is -0.418. The maximum absolute atomic E-state index is 12.0. The van der Waals surface area contributed by atoms with Crippen molar-refractivity contribution in [2.75, 3.05) is 19.7 Å². The van der Waals surface area contributed by atoms with Crippen LogP contribution in [0, 0.1) is 5.92 Å². The van der Waals surface area contributed by atoms with Gasteiger partial charge in [-0.25, -0.2) is 4.79 Å². The minimum absolute atomic E-state index is 0.197. The van der Waals surface area contributed by atoms with Crippen LogP contribution in [0.5, 0.6) is 0 Å². The van der Waals surface area contributed by atoms with E-state index in [0.29, 0.717) is 5.92 Å². The van der Waals surface area contributed by atoms with Gasteiger partial charge in [-0.2, -0.15) is 0 Å². The van der Waals surface area contributed by atoms with Crippen LogP contribution >= 0.6 is 0 Å². The topological polar surface area (TPSA) is 38.8 Å². The van der Waals surface area contributed by atoms with E-state index in [2.05, 4.69) is 0 Å². The molecule has 1 atom stereocenters. The zero-order valence-electron chi connectivity index (χ0n) is 12.4. The van der Waals surface area contributed by atoms with Crippen molar-refractivity contribution in [2.45, 2.75) is 59.2 Å². The van der Waals surface area contributed by atoms with E-state index in [1.54, 1.807) is 0 Å². The molecule has 0 aromatic heterocycles. The average molecular weight is 257 g/mol. The van der Waals surface area contributed by atoms with Crippen molar-refractivity contribution in [3.63, 3.8) is 0 Å². The first-order valence-corrected chi connectivity index (χ1v) is 6.87. The zero-order chi connectivity index (χ0) is 13.8. The van der Waals surface area contributed by atoms with Gasteiger partial charge in [0.2, 0.25) is 0 Å². The first-order valence-electron chi connectivity index (χ1n) is 6.87. The number of nitrogens with zero attached hydrogens (tertiary/aromatic N) is 1. The molecule has 0 N–H and O–H groups in total. The molecule has 0 aliphatic carbocycles. The van der Waals surface area contributed by atoms with Crippen LogP contribution in [-0.4, -0.2) is 42.4 Å². The van der Waals surface area contributed by atoms with E-state index in [1.165, 1.54) is 0 Å². The first kappa shape index (κ1) is 15.3. The second-order valence-electron chi connectivity index (χ2n) is 6.32. The van der Waals surface area contributed by atoms with E-state index in [1.807, 2.05) is 39.5 Å². The standard InChI is InChI=1S/C14H27NO3/c1-11(2)17-10-12-7-6-8-15(9-12)13(16)18-14(3,4)5/h11-12H,6-10H2,1-5H3. The van der Waals surface area contributed by atoms with E-state index in [0.717, 1.165) is 32.5 Å². The van der Waals surface area contributed by atoms with Crippen molar-refractivity contribution in [1.82, 2.24) is 4.90 Å². The Balaban J connectivity index is 2.40. The van der Waals surface area contributed by atoms with Crippen LogP contribution in [0.2, 0.25) is 0 Å². The van der Waals surface area contributed by atoms with Crippen LogP contribution in [-0.2, 0) is 9.47 Å². The van der Waals surface area contributed by atoms with Crippen molar-refractivity contribution in [3.05, 3.63) is 0 Å². The number of rotatable bonds is 3. The number of piperidine rings is 1. The summed E-state index contributed by atoms with van der Waals surface area (Å²) < 4.78 is 11.0. The third-order valence-electron chi connectivity index (χ3n) is 2.84. The second kappa shape index (κ2) is 6.41. The van der Waals surface area contributed by atoms with Gasteiger partial charge in [-0.1, -0.05) is 0 Å². The van der Waals surface area contributed by atoms with Gasteiger partial charge in [-0.15, -0.1) is 0 Å². The molecule has 1 amide bonds. The quantitative estimate of drug-likeness (QED) is 0.780. The second-order valence-corrected chi connectivity index (χ2v) is 6.32. The lowest BCUT2D eigenvalue weighted by atomic mass is 9.99. The third kappa shape index (κ3) is 5.71. The Morgan fingerprint density at radius 2 is 2.06 bits per heavy atom. The Morgan fingerprint density at radius 3 is 2.61 bits per heavy atom. The SMILES string of the molecule is CC(C)OCC1CCCN(C(=O)OC(C)(C)C)C1. The van der Waals surface area contributed by atoms with Crippen molar-refractivity contribution in [3.8, 4) is 0 Å². The molecule has 0 radical (unpaired) electrons. The molecular formula is C14H27NO3. The molecule has 1 unspecified atom stereocenters. The average Bonchev–Trinajstić information content (AvgIpc) is 2.24. The van der Waals surface area contributed by atoms with Crippen molar-refractivity contribution in [2.24, 2.45) is 5.92 Å². The minimum Gasteiger partial charge on any atom is -0.444 e. The summed E-state index contributed by atoms with van der Waals surface area (Å²) in [7, 11) is 0. The highest BCUT2D eigenvalue weighted by molar-refractivity contribution is 5.68. The van der Waals surface area contributed by atoms with Gasteiger partial charge in [0.05, 0.1) is 12.7 Å². The van der Waals surface area contributed by atoms with Gasteiger partial charge < -0.3 is 14.4 Å². The van der Waals surface area contributed by atoms with Gasteiger partial charge in [0, 0.05) is 19.0 Å². The van der Waals surface area contributed by atoms with Crippen LogP contribution < -0.4 is 0 Å². The molecule has 1 heterocycles. The Bertz CT molecular complexity index is 271. The predicted octanol–water partition coefficient (Wildman–Crippen LogP) is 3.06. The maximum atomic E-state index is 12.0. The molecule has 1 aliphatic rings. The van der Waals surface area contributed by atoms with Gasteiger partial charge in [0.1, 0.15) is 5.60 Å². The Labute approximate surface area is 111 Å². The molecular weight excluding hydrogens is 230 g/mol. The van der Waals surface area contributed by atoms with Crippen LogP contribution in [0.1, 0.15) is 47.5 Å². The summed E-state index contributed by atoms with van der Waals surface area (Å²) >= 11 is 0. The molecule has 0 saturated carbocycles. The third-order valence-corrected chi connectivity index (χ3v) is 2.84. The Hall–Kier alpha value is -0.770. The van der Waals surface area contributed by atoms with Gasteiger partial charge in [0.25, 0.3) is 0 Å². The Kier molecular flexibility index (Phi) is 5.45. The number of carbonyl (C=O) groups is 1. The highest BCUT2D eigenvalue weighted by Gasteiger charge is 2.27. The number of likely N-dealkylation sites (tertiary alicyclic amines) is 1. The van der Waals surface area contributed by atoms with Gasteiger partial charge in [-0.05, 0) is 47.5 Å². The van der Waals surface area contributed by atoms with E-state index in [4.69, 9.17) is 9.47 Å². The molecule has 1 fully saturated rings. The van der Waals surface area contributed by atoms with E-state index in [-0.39, 0.29) is 12.2 Å². The first-order chi connectivity index (χ1) is 8.28. The summed E-state index contributed by atoms with van der Waals surface area (Å²) in [5, 5.41) is 0. The lowest BCUT2D eigenvalue weighted by Crippen LogP contribution is -2.44. The number of hydrogen-bond donors (Lipinski definition) is 0. The van der Waals surface area contributed by atoms with Crippen LogP contribution in [0.4, 0.5) is 4.79 Å². The lowest BCUT2D eigenvalue weighted by molar-refractivity contribution is -0.000142. The summed E-state index contributed by atoms with van der Waals surface area (Å²) in [6, 6.07) is 0. The highest BCUT2D eigenvalue weighted by Crippen LogP contribution is 2.19. The van der Waals surface area contributed by atoms with Crippen molar-refractivity contribution < 1.29 is 14.3 Å². The monoisotopic (exact) mass is 257 g/mol. The number of hydrogen-bond acceptors (Lipinski definition) is 3. The number of amides is 1. The molecule has 1 saturated heterocycles. The molecule has 4 heteroatoms. The summed E-state index contributed by atoms with van der Waals surface area (Å²) in [6.07, 6.45) is 2.22. The fourth-order valence-electron chi connectivity index (χ4n) is 2.02. The summed E-state index contributed by atoms with van der Waals surface area (Å²) in [5.74, 6) is 0.439. The number of carbonyl (C=O) groups excluding carboxylic acids is 1. The largest absolute Gasteiger partial charge is 0.444 e. The van der Waals surface area contributed by atoms with Gasteiger partial charge in [-0.3, -0.25) is 0 Å². The fourth-order valence-corrected chi connectivity index (χ4v) is 2.02. The molecule has 106 valence electrons. The molecule has 0 bridgehead atoms. The smallest absolute Gasteiger partial charge is 0.410 e. The highest BCUT2D eigenvalue weighted by atomic mass is 16.6. The number of ether oxygens (including phenoxy) is 2. The zero-order valence-corrected chi connectivity index (χ0v) is 12.4. The molecule has 1 aliphatic heterocycles. The molecule has 18 heavy (non-hydrogen) atoms. The molecule has 1 rings (SSSR count). The normalized spacial score (nSPS) is 21.2. The molecule has 0 spiro atoms. The van der Waals surface area contributed by atoms with Crippen molar-refractivity contribution in [1.29, 1.82) is 0 Å². The van der Waals surface area contributed by atoms with Crippen LogP contribution in [0.25, 0.3) is 0 Å². The molecule has 0 aromatic rings. The fraction of sp³-hybridized carbons (Fsp3) is 0.929. The molecule has 4 nitrogen and oxygen atoms in total. The lowest BCUT2D eigenvalue weighted by Gasteiger charge is -2.34. The van der Waals surface area contributed by atoms with Gasteiger partial charge >= 0.3 is 6.09 Å². The molecule has 0 aromatic carbocycles. The summed E-state index contributed by atoms with van der Waals surface area (Å²) in [4.78, 5) is 13.8. The minimum atomic E-state index is -0.418. The van der Waals surface area contributed by atoms with E-state index < -0.39 is 5.60 Å². The maximum Gasteiger partial charge on any atom is 0.410 e. The van der Waals surface area contributed by atoms with Crippen LogP contribution in [0.3, 0.4) is 0 Å². The Morgan fingerprint density at radius 1 is 1.39 bits per heavy atom. The van der Waals surface area contributed by atoms with Gasteiger partial charge in [0.15, 0.2) is 0 Å². The predicted molar refractivity (Wildman–Crippen MR) is 71.6 cm³/mol. The van der Waals surface area contributed by atoms with Crippen LogP contribution in [0.15, 0.2) is 0 Å². The summed E-state index contributed by atoms with van der Waals surface area (Å²) in [6.45, 7) is 12.0. The van der Waals surface area contributed by atoms with E-state index in [9.17, 15) is 4.79 Å². The van der Waals surface area contributed by atoms with E-state index >= 15 is 0 Å². The van der Waals surface area contributed by atoms with Crippen molar-refractivity contribution >= 4 is 6.09 Å².